The predicted octanol–water partition coefficient (Wildman–Crippen LogP) is 4.22. The Labute approximate surface area is 195 Å². The molecule has 0 unspecified atom stereocenters. The van der Waals surface area contributed by atoms with Crippen LogP contribution in [0.4, 0.5) is 0 Å². The van der Waals surface area contributed by atoms with E-state index in [4.69, 9.17) is 0 Å². The molecule has 0 aliphatic carbocycles. The fourth-order valence-corrected chi connectivity index (χ4v) is 4.64. The Hall–Kier alpha value is -3.25. The highest BCUT2D eigenvalue weighted by molar-refractivity contribution is 6.00. The number of aromatic nitrogens is 1. The average molecular weight is 446 g/mol. The molecule has 1 aliphatic rings. The van der Waals surface area contributed by atoms with Crippen LogP contribution in [0.3, 0.4) is 0 Å². The van der Waals surface area contributed by atoms with Crippen molar-refractivity contribution >= 4 is 22.6 Å². The van der Waals surface area contributed by atoms with Crippen molar-refractivity contribution in [3.8, 4) is 0 Å². The fraction of sp³-hybridized carbons (Fsp3) is 0.370. The lowest BCUT2D eigenvalue weighted by Crippen LogP contribution is -2.62. The number of hydrogen-bond donors (Lipinski definition) is 2. The first-order valence-corrected chi connectivity index (χ1v) is 11.8. The molecule has 1 aromatic heterocycles. The Morgan fingerprint density at radius 2 is 1.70 bits per heavy atom. The lowest BCUT2D eigenvalue weighted by atomic mass is 10.0. The Morgan fingerprint density at radius 1 is 0.970 bits per heavy atom. The van der Waals surface area contributed by atoms with E-state index in [1.807, 2.05) is 60.7 Å². The summed E-state index contributed by atoms with van der Waals surface area (Å²) >= 11 is 0. The van der Waals surface area contributed by atoms with Crippen molar-refractivity contribution in [3.63, 3.8) is 0 Å². The molecule has 3 aromatic rings. The maximum absolute atomic E-state index is 13.4. The topological polar surface area (TPSA) is 71.1 Å². The zero-order chi connectivity index (χ0) is 23.3. The highest BCUT2D eigenvalue weighted by Gasteiger charge is 2.37. The first-order chi connectivity index (χ1) is 15.9. The van der Waals surface area contributed by atoms with Gasteiger partial charge in [0.25, 0.3) is 11.8 Å². The normalized spacial score (nSPS) is 16.0. The molecule has 4 rings (SSSR count). The van der Waals surface area contributed by atoms with Crippen LogP contribution in [0.2, 0.25) is 0 Å². The molecular formula is C27H33N4O2+. The first-order valence-electron chi connectivity index (χ1n) is 11.8. The van der Waals surface area contributed by atoms with Gasteiger partial charge in [-0.1, -0.05) is 50.2 Å². The van der Waals surface area contributed by atoms with E-state index >= 15 is 0 Å². The molecule has 6 nitrogen and oxygen atoms in total. The average Bonchev–Trinajstić information content (AvgIpc) is 3.26. The molecule has 2 amide bonds. The first kappa shape index (κ1) is 22.9. The van der Waals surface area contributed by atoms with Gasteiger partial charge in [0.05, 0.1) is 5.69 Å². The Kier molecular flexibility index (Phi) is 7.04. The van der Waals surface area contributed by atoms with Crippen LogP contribution in [0.25, 0.3) is 10.8 Å². The molecule has 0 radical (unpaired) electrons. The van der Waals surface area contributed by atoms with Gasteiger partial charge in [-0.3, -0.25) is 14.6 Å². The second kappa shape index (κ2) is 10.1. The highest BCUT2D eigenvalue weighted by Crippen LogP contribution is 2.21. The van der Waals surface area contributed by atoms with E-state index in [0.717, 1.165) is 42.4 Å². The van der Waals surface area contributed by atoms with Crippen LogP contribution in [0, 0.1) is 5.92 Å². The number of pyridine rings is 1. The van der Waals surface area contributed by atoms with Crippen molar-refractivity contribution in [3.05, 3.63) is 78.1 Å². The number of nitrogens with one attached hydrogen (secondary N) is 2. The summed E-state index contributed by atoms with van der Waals surface area (Å²) < 4.78 is 0.482. The molecule has 6 heteroatoms. The summed E-state index contributed by atoms with van der Waals surface area (Å²) in [5.41, 5.74) is 4.80. The second-order valence-corrected chi connectivity index (χ2v) is 9.47. The quantitative estimate of drug-likeness (QED) is 0.510. The van der Waals surface area contributed by atoms with Crippen LogP contribution in [-0.2, 0) is 11.3 Å². The van der Waals surface area contributed by atoms with Crippen LogP contribution in [-0.4, -0.2) is 40.5 Å². The van der Waals surface area contributed by atoms with Gasteiger partial charge >= 0.3 is 0 Å². The third kappa shape index (κ3) is 5.76. The third-order valence-corrected chi connectivity index (χ3v) is 6.30. The maximum atomic E-state index is 13.4. The van der Waals surface area contributed by atoms with E-state index < -0.39 is 6.04 Å². The van der Waals surface area contributed by atoms with Crippen LogP contribution in [0.15, 0.2) is 66.9 Å². The van der Waals surface area contributed by atoms with Gasteiger partial charge in [-0.25, -0.2) is 4.59 Å². The Balaban J connectivity index is 1.50. The zero-order valence-electron chi connectivity index (χ0n) is 19.5. The molecule has 2 aromatic carbocycles. The molecular weight excluding hydrogens is 412 g/mol. The largest absolute Gasteiger partial charge is 0.340 e. The van der Waals surface area contributed by atoms with Gasteiger partial charge < -0.3 is 5.32 Å². The molecule has 1 fully saturated rings. The SMILES string of the molecule is CC(C)C[C@H](NC(=O)c1ccc2ccccc2c1)C(=O)N[N+]1(Cc2ccccn2)CCCC1. The van der Waals surface area contributed by atoms with Gasteiger partial charge in [-0.15, -0.1) is 0 Å². The number of carbonyl (C=O) groups is 2. The molecule has 172 valence electrons. The number of nitrogens with zero attached hydrogens (tertiary/aromatic N) is 2. The number of hydrogen-bond acceptors (Lipinski definition) is 3. The molecule has 1 aliphatic heterocycles. The minimum absolute atomic E-state index is 0.129. The summed E-state index contributed by atoms with van der Waals surface area (Å²) in [4.78, 5) is 31.0. The summed E-state index contributed by atoms with van der Waals surface area (Å²) in [5.74, 6) is -0.0876. The summed E-state index contributed by atoms with van der Waals surface area (Å²) in [7, 11) is 0. The number of benzene rings is 2. The standard InChI is InChI=1S/C27H32N4O2/c1-20(2)17-25(29-26(32)23-13-12-21-9-3-4-10-22(21)18-23)27(33)30-31(15-7-8-16-31)19-24-11-5-6-14-28-24/h3-6,9-14,18,20,25H,7-8,15-17,19H2,1-2H3,(H-,29,30,32,33)/p+1/t25-/m0/s1. The van der Waals surface area contributed by atoms with Gasteiger partial charge in [0.1, 0.15) is 25.7 Å². The summed E-state index contributed by atoms with van der Waals surface area (Å²) in [6.07, 6.45) is 4.49. The van der Waals surface area contributed by atoms with Crippen LogP contribution in [0.1, 0.15) is 49.2 Å². The van der Waals surface area contributed by atoms with E-state index in [2.05, 4.69) is 29.6 Å². The fourth-order valence-electron chi connectivity index (χ4n) is 4.64. The maximum Gasteiger partial charge on any atom is 0.287 e. The van der Waals surface area contributed by atoms with Crippen molar-refractivity contribution in [2.24, 2.45) is 5.92 Å². The van der Waals surface area contributed by atoms with Gasteiger partial charge in [-0.05, 0) is 47.4 Å². The summed E-state index contributed by atoms with van der Waals surface area (Å²) in [6.45, 7) is 6.53. The zero-order valence-corrected chi connectivity index (χ0v) is 19.5. The van der Waals surface area contributed by atoms with E-state index in [1.165, 1.54) is 0 Å². The molecule has 2 N–H and O–H groups in total. The van der Waals surface area contributed by atoms with Gasteiger partial charge in [-0.2, -0.15) is 5.43 Å². The summed E-state index contributed by atoms with van der Waals surface area (Å²) in [5, 5.41) is 5.10. The Morgan fingerprint density at radius 3 is 2.39 bits per heavy atom. The Bertz CT molecular complexity index is 1110. The molecule has 1 saturated heterocycles. The molecule has 0 saturated carbocycles. The van der Waals surface area contributed by atoms with Crippen molar-refractivity contribution in [1.29, 1.82) is 0 Å². The number of fused-ring (bicyclic) bond motifs is 1. The third-order valence-electron chi connectivity index (χ3n) is 6.30. The second-order valence-electron chi connectivity index (χ2n) is 9.47. The van der Waals surface area contributed by atoms with Crippen LogP contribution in [0.5, 0.6) is 0 Å². The van der Waals surface area contributed by atoms with Gasteiger partial charge in [0.2, 0.25) is 0 Å². The molecule has 0 bridgehead atoms. The van der Waals surface area contributed by atoms with Crippen LogP contribution >= 0.6 is 0 Å². The van der Waals surface area contributed by atoms with Gasteiger partial charge in [0, 0.05) is 24.6 Å². The molecule has 33 heavy (non-hydrogen) atoms. The van der Waals surface area contributed by atoms with E-state index in [9.17, 15) is 9.59 Å². The minimum atomic E-state index is -0.594. The number of rotatable bonds is 8. The van der Waals surface area contributed by atoms with Crippen molar-refractivity contribution < 1.29 is 14.2 Å². The van der Waals surface area contributed by atoms with Crippen molar-refractivity contribution in [1.82, 2.24) is 15.7 Å². The number of quaternary nitrogens is 1. The van der Waals surface area contributed by atoms with E-state index in [0.29, 0.717) is 23.1 Å². The van der Waals surface area contributed by atoms with Crippen LogP contribution < -0.4 is 10.7 Å². The predicted molar refractivity (Wildman–Crippen MR) is 130 cm³/mol. The lowest BCUT2D eigenvalue weighted by molar-refractivity contribution is -0.963. The smallest absolute Gasteiger partial charge is 0.287 e. The van der Waals surface area contributed by atoms with Gasteiger partial charge in [0.15, 0.2) is 0 Å². The monoisotopic (exact) mass is 445 g/mol. The van der Waals surface area contributed by atoms with Crippen molar-refractivity contribution in [2.75, 3.05) is 13.1 Å². The van der Waals surface area contributed by atoms with E-state index in [1.54, 1.807) is 6.20 Å². The number of amides is 2. The van der Waals surface area contributed by atoms with E-state index in [-0.39, 0.29) is 17.7 Å². The minimum Gasteiger partial charge on any atom is -0.340 e. The number of carbonyl (C=O) groups excluding carboxylic acids is 2. The molecule has 2 heterocycles. The lowest BCUT2D eigenvalue weighted by Gasteiger charge is -2.34. The number of likely N-dealkylation sites (tertiary alicyclic amines) is 1. The summed E-state index contributed by atoms with van der Waals surface area (Å²) in [6, 6.07) is 18.9. The van der Waals surface area contributed by atoms with Crippen molar-refractivity contribution in [2.45, 2.75) is 45.7 Å². The molecule has 1 atom stereocenters. The highest BCUT2D eigenvalue weighted by atomic mass is 16.2. The molecule has 0 spiro atoms.